The summed E-state index contributed by atoms with van der Waals surface area (Å²) in [6.45, 7) is 1.81. The summed E-state index contributed by atoms with van der Waals surface area (Å²) in [5.74, 6) is -0.200. The first-order valence-corrected chi connectivity index (χ1v) is 9.44. The highest BCUT2D eigenvalue weighted by Gasteiger charge is 2.63. The van der Waals surface area contributed by atoms with Gasteiger partial charge < -0.3 is 14.7 Å². The molecule has 0 bridgehead atoms. The Morgan fingerprint density at radius 3 is 2.52 bits per heavy atom. The number of hydrogen-bond acceptors (Lipinski definition) is 4. The largest absolute Gasteiger partial charge is 0.496 e. The molecule has 0 radical (unpaired) electrons. The molecule has 2 heterocycles. The van der Waals surface area contributed by atoms with Gasteiger partial charge in [0.1, 0.15) is 11.6 Å². The van der Waals surface area contributed by atoms with Gasteiger partial charge in [-0.05, 0) is 56.9 Å². The van der Waals surface area contributed by atoms with Crippen LogP contribution in [0.4, 0.5) is 13.2 Å². The average molecular weight is 427 g/mol. The maximum absolute atomic E-state index is 15.1. The van der Waals surface area contributed by atoms with Gasteiger partial charge in [0.15, 0.2) is 0 Å². The highest BCUT2D eigenvalue weighted by Crippen LogP contribution is 2.52. The Labute approximate surface area is 176 Å². The van der Waals surface area contributed by atoms with E-state index < -0.39 is 11.7 Å². The molecular weight excluding hydrogens is 407 g/mol. The van der Waals surface area contributed by atoms with Crippen LogP contribution < -0.4 is 4.74 Å². The molecule has 4 rings (SSSR count). The zero-order chi connectivity index (χ0) is 22.6. The summed E-state index contributed by atoms with van der Waals surface area (Å²) < 4.78 is 50.8. The first-order valence-electron chi connectivity index (χ1n) is 9.44. The van der Waals surface area contributed by atoms with E-state index in [0.717, 1.165) is 10.5 Å². The quantitative estimate of drug-likeness (QED) is 0.499. The third-order valence-corrected chi connectivity index (χ3v) is 5.62. The molecule has 0 aliphatic heterocycles. The first-order chi connectivity index (χ1) is 14.6. The van der Waals surface area contributed by atoms with E-state index in [4.69, 9.17) is 10.00 Å². The monoisotopic (exact) mass is 427 g/mol. The Hall–Kier alpha value is -3.51. The van der Waals surface area contributed by atoms with Crippen LogP contribution in [0.5, 0.6) is 5.75 Å². The Morgan fingerprint density at radius 2 is 1.90 bits per heavy atom. The topological polar surface area (TPSA) is 80.7 Å². The number of benzene rings is 2. The van der Waals surface area contributed by atoms with Gasteiger partial charge in [-0.15, -0.1) is 0 Å². The molecule has 160 valence electrons. The molecule has 4 aromatic rings. The van der Waals surface area contributed by atoms with Crippen LogP contribution in [-0.4, -0.2) is 47.2 Å². The van der Waals surface area contributed by atoms with Crippen LogP contribution in [0, 0.1) is 18.3 Å². The fourth-order valence-corrected chi connectivity index (χ4v) is 4.25. The van der Waals surface area contributed by atoms with E-state index in [-0.39, 0.29) is 17.1 Å². The van der Waals surface area contributed by atoms with Crippen molar-refractivity contribution in [2.75, 3.05) is 21.2 Å². The molecule has 1 atom stereocenters. The summed E-state index contributed by atoms with van der Waals surface area (Å²) >= 11 is 0. The number of methoxy groups -OCH3 is 1. The molecule has 0 aliphatic rings. The van der Waals surface area contributed by atoms with E-state index in [1.165, 1.54) is 39.4 Å². The average Bonchev–Trinajstić information content (AvgIpc) is 3.35. The lowest BCUT2D eigenvalue weighted by Gasteiger charge is -2.41. The minimum absolute atomic E-state index is 0.0612. The predicted octanol–water partition coefficient (Wildman–Crippen LogP) is 4.60. The Bertz CT molecular complexity index is 1330. The fraction of sp³-hybridized carbons (Fsp3) is 0.273. The second-order valence-electron chi connectivity index (χ2n) is 7.57. The van der Waals surface area contributed by atoms with Gasteiger partial charge in [0.05, 0.1) is 29.8 Å². The zero-order valence-corrected chi connectivity index (χ0v) is 17.3. The number of ether oxygens (including phenoxy) is 1. The van der Waals surface area contributed by atoms with E-state index >= 15 is 13.2 Å². The molecule has 1 unspecified atom stereocenters. The van der Waals surface area contributed by atoms with Crippen LogP contribution in [0.3, 0.4) is 0 Å². The molecule has 0 spiro atoms. The number of nitrogens with zero attached hydrogens (tertiary/aromatic N) is 3. The number of hydrogen-bond donors (Lipinski definition) is 2. The normalized spacial score (nSPS) is 14.2. The van der Waals surface area contributed by atoms with Crippen molar-refractivity contribution in [2.45, 2.75) is 18.6 Å². The summed E-state index contributed by atoms with van der Waals surface area (Å²) in [4.78, 5) is 11.3. The van der Waals surface area contributed by atoms with E-state index in [2.05, 4.69) is 15.0 Å². The van der Waals surface area contributed by atoms with Crippen LogP contribution in [0.1, 0.15) is 22.5 Å². The van der Waals surface area contributed by atoms with Gasteiger partial charge in [0.2, 0.25) is 5.54 Å². The lowest BCUT2D eigenvalue weighted by Crippen LogP contribution is -2.55. The number of nitrogens with one attached hydrogen (secondary N) is 2. The van der Waals surface area contributed by atoms with Gasteiger partial charge in [0, 0.05) is 22.7 Å². The number of aryl methyl sites for hydroxylation is 1. The molecule has 31 heavy (non-hydrogen) atoms. The second-order valence-corrected chi connectivity index (χ2v) is 7.57. The highest BCUT2D eigenvalue weighted by atomic mass is 19.4. The van der Waals surface area contributed by atoms with Crippen LogP contribution in [-0.2, 0) is 5.54 Å². The van der Waals surface area contributed by atoms with Gasteiger partial charge >= 0.3 is 6.18 Å². The SMILES string of the molecule is COc1cc(C)c2[nH]ccc2c1C(c1nc2ccc(C#N)cc2[nH]1)(N(C)C)C(F)(F)F. The van der Waals surface area contributed by atoms with Crippen molar-refractivity contribution < 1.29 is 17.9 Å². The molecule has 0 amide bonds. The molecule has 2 aromatic heterocycles. The van der Waals surface area contributed by atoms with E-state index in [9.17, 15) is 0 Å². The van der Waals surface area contributed by atoms with Crippen molar-refractivity contribution in [1.82, 2.24) is 19.9 Å². The Balaban J connectivity index is 2.18. The molecule has 0 fully saturated rings. The number of nitriles is 1. The summed E-state index contributed by atoms with van der Waals surface area (Å²) in [7, 11) is 4.07. The smallest absolute Gasteiger partial charge is 0.418 e. The van der Waals surface area contributed by atoms with E-state index in [1.54, 1.807) is 25.3 Å². The maximum atomic E-state index is 15.1. The molecule has 0 aliphatic carbocycles. The molecule has 2 N–H and O–H groups in total. The fourth-order valence-electron chi connectivity index (χ4n) is 4.25. The number of rotatable bonds is 4. The Kier molecular flexibility index (Phi) is 4.70. The third-order valence-electron chi connectivity index (χ3n) is 5.62. The predicted molar refractivity (Wildman–Crippen MR) is 111 cm³/mol. The van der Waals surface area contributed by atoms with Crippen molar-refractivity contribution >= 4 is 21.9 Å². The number of fused-ring (bicyclic) bond motifs is 2. The number of alkyl halides is 3. The number of imidazole rings is 1. The summed E-state index contributed by atoms with van der Waals surface area (Å²) in [5.41, 5.74) is -0.340. The number of halogens is 3. The number of aromatic nitrogens is 3. The summed E-state index contributed by atoms with van der Waals surface area (Å²) in [5, 5.41) is 9.55. The van der Waals surface area contributed by atoms with Gasteiger partial charge in [0.25, 0.3) is 0 Å². The Morgan fingerprint density at radius 1 is 1.16 bits per heavy atom. The second kappa shape index (κ2) is 7.03. The molecular formula is C22H20F3N5O. The summed E-state index contributed by atoms with van der Waals surface area (Å²) in [6.07, 6.45) is -3.16. The van der Waals surface area contributed by atoms with E-state index in [0.29, 0.717) is 27.5 Å². The standard InChI is InChI=1S/C22H20F3N5O/c1-12-9-17(31-4)18(14-7-8-27-19(12)14)21(30(2)3,22(23,24)25)20-28-15-6-5-13(11-26)10-16(15)29-20/h5-10,27H,1-4H3,(H,28,29). The molecule has 0 saturated carbocycles. The van der Waals surface area contributed by atoms with Crippen molar-refractivity contribution in [3.8, 4) is 11.8 Å². The van der Waals surface area contributed by atoms with Crippen LogP contribution in [0.25, 0.3) is 21.9 Å². The lowest BCUT2D eigenvalue weighted by molar-refractivity contribution is -0.217. The first kappa shape index (κ1) is 20.8. The highest BCUT2D eigenvalue weighted by molar-refractivity contribution is 5.90. The van der Waals surface area contributed by atoms with Crippen LogP contribution in [0.2, 0.25) is 0 Å². The summed E-state index contributed by atoms with van der Waals surface area (Å²) in [6, 6.07) is 9.74. The zero-order valence-electron chi connectivity index (χ0n) is 17.3. The minimum atomic E-state index is -4.77. The molecule has 2 aromatic carbocycles. The van der Waals surface area contributed by atoms with Crippen LogP contribution >= 0.6 is 0 Å². The minimum Gasteiger partial charge on any atom is -0.496 e. The van der Waals surface area contributed by atoms with E-state index in [1.807, 2.05) is 6.07 Å². The lowest BCUT2D eigenvalue weighted by atomic mass is 9.83. The number of H-pyrrole nitrogens is 2. The van der Waals surface area contributed by atoms with Crippen molar-refractivity contribution in [3.63, 3.8) is 0 Å². The maximum Gasteiger partial charge on any atom is 0.418 e. The molecule has 6 nitrogen and oxygen atoms in total. The van der Waals surface area contributed by atoms with Crippen molar-refractivity contribution in [3.05, 3.63) is 59.0 Å². The van der Waals surface area contributed by atoms with Crippen molar-refractivity contribution in [2.24, 2.45) is 0 Å². The third kappa shape index (κ3) is 2.86. The van der Waals surface area contributed by atoms with Gasteiger partial charge in [-0.3, -0.25) is 4.90 Å². The molecule has 9 heteroatoms. The van der Waals surface area contributed by atoms with Gasteiger partial charge in [-0.25, -0.2) is 4.98 Å². The molecule has 0 saturated heterocycles. The van der Waals surface area contributed by atoms with Gasteiger partial charge in [-0.1, -0.05) is 0 Å². The van der Waals surface area contributed by atoms with Crippen molar-refractivity contribution in [1.29, 1.82) is 5.26 Å². The van der Waals surface area contributed by atoms with Crippen LogP contribution in [0.15, 0.2) is 36.5 Å². The van der Waals surface area contributed by atoms with Gasteiger partial charge in [-0.2, -0.15) is 18.4 Å². The number of aromatic amines is 2.